The normalized spacial score (nSPS) is 12.8. The molecule has 0 fully saturated rings. The van der Waals surface area contributed by atoms with Gasteiger partial charge in [-0.15, -0.1) is 0 Å². The first-order valence-electron chi connectivity index (χ1n) is 5.86. The van der Waals surface area contributed by atoms with Crippen molar-refractivity contribution in [3.8, 4) is 0 Å². The molecule has 1 atom stereocenters. The molecule has 1 unspecified atom stereocenters. The van der Waals surface area contributed by atoms with E-state index in [0.717, 1.165) is 5.69 Å². The summed E-state index contributed by atoms with van der Waals surface area (Å²) in [4.78, 5) is 13.7. The summed E-state index contributed by atoms with van der Waals surface area (Å²) in [5, 5.41) is 3.23. The van der Waals surface area contributed by atoms with Gasteiger partial charge in [-0.05, 0) is 19.9 Å². The van der Waals surface area contributed by atoms with Crippen molar-refractivity contribution in [3.63, 3.8) is 0 Å². The Morgan fingerprint density at radius 3 is 3.06 bits per heavy atom. The Hall–Kier alpha value is -1.95. The summed E-state index contributed by atoms with van der Waals surface area (Å²) in [6, 6.07) is 3.52. The van der Waals surface area contributed by atoms with Gasteiger partial charge in [0.1, 0.15) is 0 Å². The molecule has 18 heavy (non-hydrogen) atoms. The number of nitrogens with two attached hydrogens (primary N) is 1. The Labute approximate surface area is 104 Å². The maximum absolute atomic E-state index is 11.1. The highest BCUT2D eigenvalue weighted by atomic mass is 16.5. The summed E-state index contributed by atoms with van der Waals surface area (Å²) < 4.78 is 10.2. The highest BCUT2D eigenvalue weighted by molar-refractivity contribution is 5.85. The first kappa shape index (κ1) is 12.5. The summed E-state index contributed by atoms with van der Waals surface area (Å²) in [6.45, 7) is 5.21. The molecule has 1 heterocycles. The summed E-state index contributed by atoms with van der Waals surface area (Å²) in [5.74, 6) is -0.482. The van der Waals surface area contributed by atoms with Gasteiger partial charge < -0.3 is 20.2 Å². The van der Waals surface area contributed by atoms with E-state index in [4.69, 9.17) is 14.9 Å². The second-order valence-corrected chi connectivity index (χ2v) is 4.15. The van der Waals surface area contributed by atoms with Crippen molar-refractivity contribution in [3.05, 3.63) is 22.7 Å². The SMILES string of the molecule is CCOCC(C)Nc1cc2[nH]c(=O)oc2cc1N. The van der Waals surface area contributed by atoms with Crippen LogP contribution in [-0.4, -0.2) is 24.2 Å². The van der Waals surface area contributed by atoms with Crippen molar-refractivity contribution in [1.29, 1.82) is 0 Å². The van der Waals surface area contributed by atoms with Crippen LogP contribution >= 0.6 is 0 Å². The number of hydrogen-bond donors (Lipinski definition) is 3. The molecule has 0 aliphatic rings. The number of H-pyrrole nitrogens is 1. The molecule has 1 aromatic carbocycles. The zero-order chi connectivity index (χ0) is 13.1. The van der Waals surface area contributed by atoms with Gasteiger partial charge in [0.2, 0.25) is 0 Å². The van der Waals surface area contributed by atoms with Gasteiger partial charge in [0, 0.05) is 18.7 Å². The number of nitrogen functional groups attached to an aromatic ring is 1. The van der Waals surface area contributed by atoms with E-state index in [0.29, 0.717) is 30.0 Å². The lowest BCUT2D eigenvalue weighted by atomic mass is 10.2. The lowest BCUT2D eigenvalue weighted by molar-refractivity contribution is 0.141. The van der Waals surface area contributed by atoms with Gasteiger partial charge in [0.15, 0.2) is 5.58 Å². The molecule has 0 spiro atoms. The molecule has 6 nitrogen and oxygen atoms in total. The van der Waals surface area contributed by atoms with Crippen molar-refractivity contribution < 1.29 is 9.15 Å². The molecule has 0 radical (unpaired) electrons. The van der Waals surface area contributed by atoms with Crippen LogP contribution in [0.1, 0.15) is 13.8 Å². The minimum Gasteiger partial charge on any atom is -0.408 e. The Morgan fingerprint density at radius 1 is 1.56 bits per heavy atom. The Kier molecular flexibility index (Phi) is 3.57. The van der Waals surface area contributed by atoms with Crippen LogP contribution in [0.2, 0.25) is 0 Å². The molecule has 0 amide bonds. The zero-order valence-electron chi connectivity index (χ0n) is 10.4. The predicted octanol–water partition coefficient (Wildman–Crippen LogP) is 1.54. The topological polar surface area (TPSA) is 93.3 Å². The average Bonchev–Trinajstić information content (AvgIpc) is 2.66. The van der Waals surface area contributed by atoms with E-state index in [1.807, 2.05) is 13.8 Å². The molecule has 0 bridgehead atoms. The van der Waals surface area contributed by atoms with Gasteiger partial charge in [0.25, 0.3) is 0 Å². The van der Waals surface area contributed by atoms with Crippen LogP contribution in [-0.2, 0) is 4.74 Å². The highest BCUT2D eigenvalue weighted by Gasteiger charge is 2.09. The maximum atomic E-state index is 11.1. The molecule has 0 saturated heterocycles. The largest absolute Gasteiger partial charge is 0.417 e. The number of aromatic amines is 1. The number of ether oxygens (including phenoxy) is 1. The fourth-order valence-electron chi connectivity index (χ4n) is 1.74. The van der Waals surface area contributed by atoms with Gasteiger partial charge in [-0.3, -0.25) is 4.98 Å². The third-order valence-electron chi connectivity index (χ3n) is 2.56. The van der Waals surface area contributed by atoms with E-state index < -0.39 is 5.76 Å². The number of aromatic nitrogens is 1. The lowest BCUT2D eigenvalue weighted by Crippen LogP contribution is -2.22. The van der Waals surface area contributed by atoms with E-state index in [2.05, 4.69) is 10.3 Å². The minimum absolute atomic E-state index is 0.128. The van der Waals surface area contributed by atoms with Crippen LogP contribution in [0.25, 0.3) is 11.1 Å². The minimum atomic E-state index is -0.482. The van der Waals surface area contributed by atoms with Gasteiger partial charge in [-0.25, -0.2) is 4.79 Å². The van der Waals surface area contributed by atoms with E-state index in [1.54, 1.807) is 12.1 Å². The monoisotopic (exact) mass is 251 g/mol. The van der Waals surface area contributed by atoms with E-state index in [1.165, 1.54) is 0 Å². The third-order valence-corrected chi connectivity index (χ3v) is 2.56. The van der Waals surface area contributed by atoms with Crippen LogP contribution in [0.5, 0.6) is 0 Å². The van der Waals surface area contributed by atoms with Crippen LogP contribution in [0.3, 0.4) is 0 Å². The second-order valence-electron chi connectivity index (χ2n) is 4.15. The van der Waals surface area contributed by atoms with Crippen molar-refractivity contribution >= 4 is 22.5 Å². The highest BCUT2D eigenvalue weighted by Crippen LogP contribution is 2.24. The van der Waals surface area contributed by atoms with Gasteiger partial charge in [-0.2, -0.15) is 0 Å². The predicted molar refractivity (Wildman–Crippen MR) is 70.8 cm³/mol. The van der Waals surface area contributed by atoms with Crippen molar-refractivity contribution in [2.24, 2.45) is 0 Å². The Bertz CT molecular complexity index is 588. The summed E-state index contributed by atoms with van der Waals surface area (Å²) in [6.07, 6.45) is 0. The van der Waals surface area contributed by atoms with E-state index in [-0.39, 0.29) is 6.04 Å². The number of nitrogens with one attached hydrogen (secondary N) is 2. The van der Waals surface area contributed by atoms with Crippen molar-refractivity contribution in [2.45, 2.75) is 19.9 Å². The molecule has 0 aliphatic heterocycles. The number of rotatable bonds is 5. The molecule has 1 aromatic heterocycles. The first-order valence-corrected chi connectivity index (χ1v) is 5.86. The lowest BCUT2D eigenvalue weighted by Gasteiger charge is -2.16. The summed E-state index contributed by atoms with van der Waals surface area (Å²) >= 11 is 0. The fourth-order valence-corrected chi connectivity index (χ4v) is 1.74. The molecule has 0 aliphatic carbocycles. The van der Waals surface area contributed by atoms with E-state index >= 15 is 0 Å². The summed E-state index contributed by atoms with van der Waals surface area (Å²) in [5.41, 5.74) is 8.27. The average molecular weight is 251 g/mol. The molecular weight excluding hydrogens is 234 g/mol. The first-order chi connectivity index (χ1) is 8.60. The van der Waals surface area contributed by atoms with Crippen LogP contribution in [0.15, 0.2) is 21.3 Å². The fraction of sp³-hybridized carbons (Fsp3) is 0.417. The number of anilines is 2. The molecule has 2 aromatic rings. The zero-order valence-corrected chi connectivity index (χ0v) is 10.4. The van der Waals surface area contributed by atoms with Gasteiger partial charge >= 0.3 is 5.76 Å². The molecule has 98 valence electrons. The third kappa shape index (κ3) is 2.65. The number of oxazole rings is 1. The van der Waals surface area contributed by atoms with Gasteiger partial charge in [-0.1, -0.05) is 0 Å². The van der Waals surface area contributed by atoms with Gasteiger partial charge in [0.05, 0.1) is 23.5 Å². The quantitative estimate of drug-likeness (QED) is 0.701. The van der Waals surface area contributed by atoms with Crippen LogP contribution in [0, 0.1) is 0 Å². The Morgan fingerprint density at radius 2 is 2.33 bits per heavy atom. The Balaban J connectivity index is 2.21. The summed E-state index contributed by atoms with van der Waals surface area (Å²) in [7, 11) is 0. The maximum Gasteiger partial charge on any atom is 0.417 e. The van der Waals surface area contributed by atoms with E-state index in [9.17, 15) is 4.79 Å². The molecular formula is C12H17N3O3. The molecule has 4 N–H and O–H groups in total. The standard InChI is InChI=1S/C12H17N3O3/c1-3-17-6-7(2)14-9-5-10-11(4-8(9)13)18-12(16)15-10/h4-5,7,14H,3,6,13H2,1-2H3,(H,15,16). The molecule has 2 rings (SSSR count). The molecule has 0 saturated carbocycles. The van der Waals surface area contributed by atoms with Crippen molar-refractivity contribution in [2.75, 3.05) is 24.3 Å². The number of hydrogen-bond acceptors (Lipinski definition) is 5. The number of fused-ring (bicyclic) bond motifs is 1. The second kappa shape index (κ2) is 5.14. The van der Waals surface area contributed by atoms with Crippen molar-refractivity contribution in [1.82, 2.24) is 4.98 Å². The van der Waals surface area contributed by atoms with Crippen LogP contribution in [0.4, 0.5) is 11.4 Å². The van der Waals surface area contributed by atoms with Crippen LogP contribution < -0.4 is 16.8 Å². The molecule has 6 heteroatoms. The smallest absolute Gasteiger partial charge is 0.408 e. The number of benzene rings is 1.